The average Bonchev–Trinajstić information content (AvgIpc) is 3.41. The minimum absolute atomic E-state index is 0.0664. The fourth-order valence-electron chi connectivity index (χ4n) is 3.94. The molecule has 0 aliphatic heterocycles. The van der Waals surface area contributed by atoms with Crippen LogP contribution in [0.25, 0.3) is 0 Å². The number of hydrogen-bond donors (Lipinski definition) is 1. The van der Waals surface area contributed by atoms with Crippen molar-refractivity contribution < 1.29 is 27.2 Å². The minimum Gasteiger partial charge on any atom is -0.326 e. The summed E-state index contributed by atoms with van der Waals surface area (Å²) in [6, 6.07) is 12.6. The maximum Gasteiger partial charge on any atom is 0.266 e. The van der Waals surface area contributed by atoms with Gasteiger partial charge in [-0.1, -0.05) is 17.7 Å². The van der Waals surface area contributed by atoms with Crippen LogP contribution in [-0.2, 0) is 4.79 Å². The molecule has 0 spiro atoms. The molecule has 1 saturated carbocycles. The molecule has 0 saturated heterocycles. The van der Waals surface area contributed by atoms with Gasteiger partial charge in [-0.15, -0.1) is 23.2 Å². The highest BCUT2D eigenvalue weighted by atomic mass is 35.5. The summed E-state index contributed by atoms with van der Waals surface area (Å²) in [5, 5.41) is 2.72. The lowest BCUT2D eigenvalue weighted by Crippen LogP contribution is -2.26. The third-order valence-corrected chi connectivity index (χ3v) is 7.20. The number of carbonyl (C=O) groups excluding carboxylic acids is 2. The Labute approximate surface area is 218 Å². The van der Waals surface area contributed by atoms with E-state index in [1.807, 2.05) is 0 Å². The third-order valence-electron chi connectivity index (χ3n) is 5.93. The van der Waals surface area contributed by atoms with Gasteiger partial charge in [-0.25, -0.2) is 17.6 Å². The Hall–Kier alpha value is -2.81. The second kappa shape index (κ2) is 9.92. The highest BCUT2D eigenvalue weighted by Gasteiger charge is 2.67. The van der Waals surface area contributed by atoms with Gasteiger partial charge in [-0.3, -0.25) is 9.59 Å². The zero-order chi connectivity index (χ0) is 26.4. The van der Waals surface area contributed by atoms with E-state index in [1.165, 1.54) is 60.5 Å². The Balaban J connectivity index is 1.53. The van der Waals surface area contributed by atoms with Crippen molar-refractivity contribution in [3.05, 3.63) is 94.0 Å². The number of hydrogen-bond acceptors (Lipinski definition) is 2. The maximum atomic E-state index is 13.7. The number of nitrogens with one attached hydrogen (secondary N) is 1. The molecule has 1 fully saturated rings. The number of benzene rings is 3. The van der Waals surface area contributed by atoms with E-state index in [9.17, 15) is 27.2 Å². The summed E-state index contributed by atoms with van der Waals surface area (Å²) in [6.45, 7) is 0. The highest BCUT2D eigenvalue weighted by Crippen LogP contribution is 2.65. The van der Waals surface area contributed by atoms with Crippen molar-refractivity contribution in [2.24, 2.45) is 5.92 Å². The van der Waals surface area contributed by atoms with Gasteiger partial charge in [-0.2, -0.15) is 0 Å². The summed E-state index contributed by atoms with van der Waals surface area (Å²) in [5.41, 5.74) is 0.0852. The number of rotatable bonds is 6. The molecular weight excluding hydrogens is 543 g/mol. The van der Waals surface area contributed by atoms with Crippen LogP contribution in [0, 0.1) is 17.6 Å². The van der Waals surface area contributed by atoms with Crippen molar-refractivity contribution in [3.63, 3.8) is 0 Å². The average molecular weight is 560 g/mol. The van der Waals surface area contributed by atoms with E-state index >= 15 is 0 Å². The summed E-state index contributed by atoms with van der Waals surface area (Å²) in [4.78, 5) is 27.2. The van der Waals surface area contributed by atoms with E-state index in [1.54, 1.807) is 0 Å². The lowest BCUT2D eigenvalue weighted by atomic mass is 10.0. The largest absolute Gasteiger partial charge is 0.326 e. The van der Waals surface area contributed by atoms with Gasteiger partial charge in [0.05, 0.1) is 22.1 Å². The summed E-state index contributed by atoms with van der Waals surface area (Å²) < 4.78 is 51.5. The van der Waals surface area contributed by atoms with Crippen molar-refractivity contribution in [1.82, 2.24) is 0 Å². The Morgan fingerprint density at radius 2 is 1.67 bits per heavy atom. The van der Waals surface area contributed by atoms with E-state index in [0.717, 1.165) is 12.1 Å². The van der Waals surface area contributed by atoms with Gasteiger partial charge >= 0.3 is 0 Å². The summed E-state index contributed by atoms with van der Waals surface area (Å²) in [6.07, 6.45) is -3.05. The first kappa shape index (κ1) is 26.3. The molecule has 3 aromatic rings. The van der Waals surface area contributed by atoms with Crippen LogP contribution in [0.2, 0.25) is 5.02 Å². The predicted octanol–water partition coefficient (Wildman–Crippen LogP) is 7.36. The van der Waals surface area contributed by atoms with Gasteiger partial charge in [-0.05, 0) is 60.2 Å². The molecule has 0 aromatic heterocycles. The van der Waals surface area contributed by atoms with Crippen molar-refractivity contribution in [2.75, 3.05) is 17.3 Å². The van der Waals surface area contributed by atoms with Crippen LogP contribution in [0.15, 0.2) is 60.7 Å². The first-order valence-corrected chi connectivity index (χ1v) is 11.6. The topological polar surface area (TPSA) is 49.4 Å². The lowest BCUT2D eigenvalue weighted by Gasteiger charge is -2.18. The number of amides is 2. The van der Waals surface area contributed by atoms with Crippen LogP contribution in [-0.4, -0.2) is 23.2 Å². The second-order valence-corrected chi connectivity index (χ2v) is 10.1. The molecule has 188 valence electrons. The molecule has 1 aliphatic carbocycles. The molecule has 11 heteroatoms. The third kappa shape index (κ3) is 5.03. The number of anilines is 2. The van der Waals surface area contributed by atoms with Gasteiger partial charge in [0, 0.05) is 24.3 Å². The van der Waals surface area contributed by atoms with E-state index in [4.69, 9.17) is 34.8 Å². The second-order valence-electron chi connectivity index (χ2n) is 8.24. The normalized spacial score (nSPS) is 18.1. The molecule has 0 unspecified atom stereocenters. The molecule has 36 heavy (non-hydrogen) atoms. The van der Waals surface area contributed by atoms with Gasteiger partial charge < -0.3 is 10.2 Å². The monoisotopic (exact) mass is 558 g/mol. The molecule has 4 rings (SSSR count). The van der Waals surface area contributed by atoms with Crippen LogP contribution in [0.4, 0.5) is 28.9 Å². The first-order chi connectivity index (χ1) is 16.9. The first-order valence-electron chi connectivity index (χ1n) is 10.5. The van der Waals surface area contributed by atoms with Crippen LogP contribution in [0.5, 0.6) is 0 Å². The van der Waals surface area contributed by atoms with Crippen molar-refractivity contribution in [1.29, 1.82) is 0 Å². The molecule has 2 atom stereocenters. The molecule has 4 nitrogen and oxygen atoms in total. The predicted molar refractivity (Wildman–Crippen MR) is 131 cm³/mol. The zero-order valence-electron chi connectivity index (χ0n) is 18.4. The molecule has 0 bridgehead atoms. The van der Waals surface area contributed by atoms with Crippen LogP contribution in [0.1, 0.15) is 33.8 Å². The van der Waals surface area contributed by atoms with Gasteiger partial charge in [0.25, 0.3) is 12.3 Å². The Morgan fingerprint density at radius 3 is 2.31 bits per heavy atom. The van der Waals surface area contributed by atoms with Gasteiger partial charge in [0.15, 0.2) is 0 Å². The van der Waals surface area contributed by atoms with Gasteiger partial charge in [0.1, 0.15) is 16.0 Å². The van der Waals surface area contributed by atoms with Gasteiger partial charge in [0.2, 0.25) is 5.91 Å². The molecule has 2 amide bonds. The minimum atomic E-state index is -3.05. The highest BCUT2D eigenvalue weighted by molar-refractivity contribution is 6.53. The van der Waals surface area contributed by atoms with Crippen molar-refractivity contribution >= 4 is 58.0 Å². The van der Waals surface area contributed by atoms with E-state index in [2.05, 4.69) is 5.32 Å². The van der Waals surface area contributed by atoms with E-state index < -0.39 is 51.6 Å². The Bertz CT molecular complexity index is 1340. The lowest BCUT2D eigenvalue weighted by molar-refractivity contribution is -0.117. The summed E-state index contributed by atoms with van der Waals surface area (Å²) >= 11 is 18.8. The molecule has 0 radical (unpaired) electrons. The smallest absolute Gasteiger partial charge is 0.266 e. The van der Waals surface area contributed by atoms with E-state index in [0.29, 0.717) is 5.69 Å². The maximum absolute atomic E-state index is 13.7. The number of nitrogens with zero attached hydrogens (tertiary/aromatic N) is 1. The van der Waals surface area contributed by atoms with Crippen molar-refractivity contribution in [3.8, 4) is 0 Å². The van der Waals surface area contributed by atoms with E-state index in [-0.39, 0.29) is 21.8 Å². The fourth-order valence-corrected chi connectivity index (χ4v) is 4.97. The molecule has 1 N–H and O–H groups in total. The summed E-state index contributed by atoms with van der Waals surface area (Å²) in [7, 11) is 1.48. The number of alkyl halides is 4. The number of halogens is 7. The molecule has 1 aliphatic rings. The molecular formula is C25H17Cl3F4N2O2. The Kier molecular flexibility index (Phi) is 7.23. The van der Waals surface area contributed by atoms with Crippen LogP contribution < -0.4 is 10.2 Å². The standard InChI is InChI=1S/C25H17Cl3F4N2O2/c1-34(15-6-3-13(29)4-7-15)24(36)16-11-14(5-8-18(16)26)33-23(35)21-20(25(21,27)28)12-2-9-19(30)17(10-12)22(31)32/h2-11,20-22H,1H3,(H,33,35)/t20-,21+/m1/s1. The molecule has 0 heterocycles. The SMILES string of the molecule is CN(C(=O)c1cc(NC(=O)[C@@H]2[C@@H](c3ccc(F)c(C(F)F)c3)C2(Cl)Cl)ccc1Cl)c1ccc(F)cc1. The zero-order valence-corrected chi connectivity index (χ0v) is 20.7. The van der Waals surface area contributed by atoms with Crippen molar-refractivity contribution in [2.45, 2.75) is 16.7 Å². The Morgan fingerprint density at radius 1 is 1.00 bits per heavy atom. The van der Waals surface area contributed by atoms with Crippen LogP contribution in [0.3, 0.4) is 0 Å². The quantitative estimate of drug-likeness (QED) is 0.253. The fraction of sp³-hybridized carbons (Fsp3) is 0.200. The summed E-state index contributed by atoms with van der Waals surface area (Å²) in [5.74, 6) is -4.54. The molecule has 3 aromatic carbocycles. The van der Waals surface area contributed by atoms with Crippen LogP contribution >= 0.6 is 34.8 Å². The number of carbonyl (C=O) groups is 2.